The third-order valence-corrected chi connectivity index (χ3v) is 4.49. The molecule has 4 nitrogen and oxygen atoms in total. The number of hydrogen-bond donors (Lipinski definition) is 2. The van der Waals surface area contributed by atoms with E-state index in [1.165, 1.54) is 18.2 Å². The van der Waals surface area contributed by atoms with Gasteiger partial charge in [0.05, 0.1) is 21.7 Å². The standard InChI is InChI=1S/C18H9ClO4/c19-15-8-4-1-2-5-9(8)16(21)14-13(15)18(23)12-10(17(14)22)6-3-7-11(12)20/h1-7,20-21H. The molecule has 0 heterocycles. The first-order chi connectivity index (χ1) is 11.0. The van der Waals surface area contributed by atoms with Gasteiger partial charge in [0.1, 0.15) is 11.5 Å². The maximum atomic E-state index is 12.8. The molecule has 0 saturated carbocycles. The Hall–Kier alpha value is -2.85. The van der Waals surface area contributed by atoms with Gasteiger partial charge in [0.2, 0.25) is 0 Å². The molecule has 0 saturated heterocycles. The van der Waals surface area contributed by atoms with Crippen LogP contribution in [0.1, 0.15) is 31.8 Å². The highest BCUT2D eigenvalue weighted by Crippen LogP contribution is 2.44. The van der Waals surface area contributed by atoms with E-state index >= 15 is 0 Å². The molecule has 0 unspecified atom stereocenters. The molecule has 0 atom stereocenters. The molecule has 1 aliphatic carbocycles. The molecule has 0 fully saturated rings. The van der Waals surface area contributed by atoms with Crippen molar-refractivity contribution < 1.29 is 19.8 Å². The molecule has 5 heteroatoms. The summed E-state index contributed by atoms with van der Waals surface area (Å²) in [5, 5.41) is 21.5. The molecular weight excluding hydrogens is 316 g/mol. The zero-order chi connectivity index (χ0) is 16.3. The highest BCUT2D eigenvalue weighted by atomic mass is 35.5. The Morgan fingerprint density at radius 1 is 0.739 bits per heavy atom. The second kappa shape index (κ2) is 4.57. The highest BCUT2D eigenvalue weighted by molar-refractivity contribution is 6.44. The van der Waals surface area contributed by atoms with Crippen molar-refractivity contribution >= 4 is 33.9 Å². The van der Waals surface area contributed by atoms with Crippen LogP contribution >= 0.6 is 11.6 Å². The minimum Gasteiger partial charge on any atom is -0.507 e. The first kappa shape index (κ1) is 13.8. The zero-order valence-electron chi connectivity index (χ0n) is 11.6. The van der Waals surface area contributed by atoms with Gasteiger partial charge in [0.15, 0.2) is 11.6 Å². The summed E-state index contributed by atoms with van der Waals surface area (Å²) >= 11 is 6.34. The van der Waals surface area contributed by atoms with Crippen molar-refractivity contribution in [2.75, 3.05) is 0 Å². The summed E-state index contributed by atoms with van der Waals surface area (Å²) in [6.45, 7) is 0. The summed E-state index contributed by atoms with van der Waals surface area (Å²) in [5.74, 6) is -1.66. The Morgan fingerprint density at radius 3 is 2.17 bits per heavy atom. The van der Waals surface area contributed by atoms with Gasteiger partial charge in [-0.05, 0) is 6.07 Å². The topological polar surface area (TPSA) is 74.6 Å². The molecule has 0 bridgehead atoms. The van der Waals surface area contributed by atoms with E-state index in [1.54, 1.807) is 24.3 Å². The van der Waals surface area contributed by atoms with Gasteiger partial charge in [-0.25, -0.2) is 0 Å². The lowest BCUT2D eigenvalue weighted by molar-refractivity contribution is 0.0974. The molecule has 0 aromatic heterocycles. The van der Waals surface area contributed by atoms with Crippen LogP contribution in [-0.2, 0) is 0 Å². The van der Waals surface area contributed by atoms with Crippen LogP contribution in [-0.4, -0.2) is 21.8 Å². The molecule has 0 spiro atoms. The van der Waals surface area contributed by atoms with Crippen molar-refractivity contribution in [2.24, 2.45) is 0 Å². The largest absolute Gasteiger partial charge is 0.507 e. The number of ketones is 2. The predicted molar refractivity (Wildman–Crippen MR) is 85.6 cm³/mol. The summed E-state index contributed by atoms with van der Waals surface area (Å²) < 4.78 is 0. The zero-order valence-corrected chi connectivity index (χ0v) is 12.4. The fourth-order valence-electron chi connectivity index (χ4n) is 3.04. The monoisotopic (exact) mass is 324 g/mol. The van der Waals surface area contributed by atoms with Crippen molar-refractivity contribution in [2.45, 2.75) is 0 Å². The average Bonchev–Trinajstić information content (AvgIpc) is 2.55. The summed E-state index contributed by atoms with van der Waals surface area (Å²) in [6.07, 6.45) is 0. The fraction of sp³-hybridized carbons (Fsp3) is 0. The maximum Gasteiger partial charge on any atom is 0.199 e. The van der Waals surface area contributed by atoms with Crippen LogP contribution in [0.4, 0.5) is 0 Å². The molecule has 23 heavy (non-hydrogen) atoms. The van der Waals surface area contributed by atoms with Crippen molar-refractivity contribution in [3.63, 3.8) is 0 Å². The Morgan fingerprint density at radius 2 is 1.43 bits per heavy atom. The smallest absolute Gasteiger partial charge is 0.199 e. The summed E-state index contributed by atoms with van der Waals surface area (Å²) in [6, 6.07) is 11.0. The minimum atomic E-state index is -0.571. The number of phenolic OH excluding ortho intramolecular Hbond substituents is 2. The number of rotatable bonds is 0. The van der Waals surface area contributed by atoms with Crippen LogP contribution in [0.3, 0.4) is 0 Å². The highest BCUT2D eigenvalue weighted by Gasteiger charge is 2.37. The lowest BCUT2D eigenvalue weighted by atomic mass is 9.81. The number of carbonyl (C=O) groups excluding carboxylic acids is 2. The normalized spacial score (nSPS) is 13.1. The second-order valence-corrected chi connectivity index (χ2v) is 5.69. The lowest BCUT2D eigenvalue weighted by Gasteiger charge is -2.21. The molecule has 0 amide bonds. The molecular formula is C18H9ClO4. The third-order valence-electron chi connectivity index (χ3n) is 4.09. The van der Waals surface area contributed by atoms with Gasteiger partial charge in [-0.1, -0.05) is 48.0 Å². The van der Waals surface area contributed by atoms with Crippen molar-refractivity contribution in [3.05, 3.63) is 69.7 Å². The van der Waals surface area contributed by atoms with Crippen LogP contribution in [0.25, 0.3) is 10.8 Å². The van der Waals surface area contributed by atoms with Gasteiger partial charge in [-0.3, -0.25) is 9.59 Å². The van der Waals surface area contributed by atoms with Gasteiger partial charge in [-0.15, -0.1) is 0 Å². The first-order valence-electron chi connectivity index (χ1n) is 6.87. The number of phenols is 2. The van der Waals surface area contributed by atoms with E-state index in [2.05, 4.69) is 0 Å². The van der Waals surface area contributed by atoms with Crippen LogP contribution in [0, 0.1) is 0 Å². The molecule has 0 aliphatic heterocycles. The Kier molecular flexibility index (Phi) is 2.74. The quantitative estimate of drug-likeness (QED) is 0.517. The number of halogens is 1. The number of aromatic hydroxyl groups is 2. The molecule has 112 valence electrons. The summed E-state index contributed by atoms with van der Waals surface area (Å²) in [4.78, 5) is 25.5. The maximum absolute atomic E-state index is 12.8. The number of carbonyl (C=O) groups is 2. The average molecular weight is 325 g/mol. The Bertz CT molecular complexity index is 1040. The van der Waals surface area contributed by atoms with Gasteiger partial charge in [0, 0.05) is 16.3 Å². The summed E-state index contributed by atoms with van der Waals surface area (Å²) in [5.41, 5.74) is -0.204. The Balaban J connectivity index is 2.20. The number of fused-ring (bicyclic) bond motifs is 3. The SMILES string of the molecule is O=C1c2cccc(O)c2C(=O)c2c1c(O)c1ccccc1c2Cl. The van der Waals surface area contributed by atoms with Gasteiger partial charge >= 0.3 is 0 Å². The lowest BCUT2D eigenvalue weighted by Crippen LogP contribution is -2.22. The number of hydrogen-bond acceptors (Lipinski definition) is 4. The van der Waals surface area contributed by atoms with Crippen molar-refractivity contribution in [3.8, 4) is 11.5 Å². The first-order valence-corrected chi connectivity index (χ1v) is 7.24. The van der Waals surface area contributed by atoms with Gasteiger partial charge in [-0.2, -0.15) is 0 Å². The fourth-order valence-corrected chi connectivity index (χ4v) is 3.39. The van der Waals surface area contributed by atoms with E-state index in [0.29, 0.717) is 10.8 Å². The van der Waals surface area contributed by atoms with E-state index in [4.69, 9.17) is 11.6 Å². The van der Waals surface area contributed by atoms with Gasteiger partial charge < -0.3 is 10.2 Å². The van der Waals surface area contributed by atoms with Gasteiger partial charge in [0.25, 0.3) is 0 Å². The summed E-state index contributed by atoms with van der Waals surface area (Å²) in [7, 11) is 0. The van der Waals surface area contributed by atoms with E-state index in [0.717, 1.165) is 0 Å². The molecule has 4 rings (SSSR count). The second-order valence-electron chi connectivity index (χ2n) is 5.32. The Labute approximate surface area is 135 Å². The van der Waals surface area contributed by atoms with E-state index in [9.17, 15) is 19.8 Å². The van der Waals surface area contributed by atoms with Crippen molar-refractivity contribution in [1.82, 2.24) is 0 Å². The molecule has 3 aromatic rings. The van der Waals surface area contributed by atoms with E-state index in [-0.39, 0.29) is 38.8 Å². The predicted octanol–water partition coefficient (Wildman–Crippen LogP) is 3.68. The van der Waals surface area contributed by atoms with E-state index < -0.39 is 11.6 Å². The molecule has 1 aliphatic rings. The molecule has 0 radical (unpaired) electrons. The third kappa shape index (κ3) is 1.67. The van der Waals surface area contributed by atoms with Crippen LogP contribution < -0.4 is 0 Å². The van der Waals surface area contributed by atoms with Crippen LogP contribution in [0.2, 0.25) is 5.02 Å². The van der Waals surface area contributed by atoms with Crippen LogP contribution in [0.5, 0.6) is 11.5 Å². The van der Waals surface area contributed by atoms with Crippen molar-refractivity contribution in [1.29, 1.82) is 0 Å². The minimum absolute atomic E-state index is 0.0594. The number of benzene rings is 3. The van der Waals surface area contributed by atoms with Crippen LogP contribution in [0.15, 0.2) is 42.5 Å². The molecule has 2 N–H and O–H groups in total. The van der Waals surface area contributed by atoms with E-state index in [1.807, 2.05) is 0 Å². The molecule has 3 aromatic carbocycles.